The lowest BCUT2D eigenvalue weighted by atomic mass is 10.0. The van der Waals surface area contributed by atoms with Crippen LogP contribution in [0.4, 0.5) is 0 Å². The van der Waals surface area contributed by atoms with Gasteiger partial charge < -0.3 is 10.6 Å². The Labute approximate surface area is 94.0 Å². The van der Waals surface area contributed by atoms with Crippen LogP contribution in [0.3, 0.4) is 0 Å². The minimum atomic E-state index is 0.258. The van der Waals surface area contributed by atoms with E-state index in [2.05, 4.69) is 20.8 Å². The summed E-state index contributed by atoms with van der Waals surface area (Å²) in [5.74, 6) is 0.774. The molecule has 0 fully saturated rings. The number of nitrogens with two attached hydrogens (primary N) is 1. The van der Waals surface area contributed by atoms with Gasteiger partial charge in [0, 0.05) is 19.5 Å². The van der Waals surface area contributed by atoms with Crippen LogP contribution in [0.1, 0.15) is 46.5 Å². The predicted octanol–water partition coefficient (Wildman–Crippen LogP) is 2.01. The van der Waals surface area contributed by atoms with E-state index in [-0.39, 0.29) is 5.91 Å². The van der Waals surface area contributed by atoms with Crippen molar-refractivity contribution in [1.82, 2.24) is 4.90 Å². The second-order valence-corrected chi connectivity index (χ2v) is 4.59. The van der Waals surface area contributed by atoms with Crippen LogP contribution in [-0.2, 0) is 4.79 Å². The lowest BCUT2D eigenvalue weighted by Gasteiger charge is -2.28. The smallest absolute Gasteiger partial charge is 0.222 e. The molecule has 0 saturated carbocycles. The lowest BCUT2D eigenvalue weighted by molar-refractivity contribution is -0.132. The molecular weight excluding hydrogens is 188 g/mol. The van der Waals surface area contributed by atoms with Gasteiger partial charge in [-0.2, -0.15) is 0 Å². The van der Waals surface area contributed by atoms with Crippen LogP contribution in [-0.4, -0.2) is 30.4 Å². The summed E-state index contributed by atoms with van der Waals surface area (Å²) in [7, 11) is 1.90. The van der Waals surface area contributed by atoms with Gasteiger partial charge in [0.1, 0.15) is 0 Å². The van der Waals surface area contributed by atoms with Crippen LogP contribution in [0.25, 0.3) is 0 Å². The summed E-state index contributed by atoms with van der Waals surface area (Å²) in [6.45, 7) is 7.11. The standard InChI is InChI=1S/C12H26N2O/c1-10(2)11(3)14(4)12(15)8-6-5-7-9-13/h10-11H,5-9,13H2,1-4H3. The van der Waals surface area contributed by atoms with Crippen molar-refractivity contribution in [2.45, 2.75) is 52.5 Å². The van der Waals surface area contributed by atoms with Crippen LogP contribution < -0.4 is 5.73 Å². The van der Waals surface area contributed by atoms with E-state index in [1.165, 1.54) is 0 Å². The molecule has 0 radical (unpaired) electrons. The number of rotatable bonds is 7. The molecule has 0 bridgehead atoms. The SMILES string of the molecule is CC(C)C(C)N(C)C(=O)CCCCCN. The van der Waals surface area contributed by atoms with E-state index in [0.29, 0.717) is 18.4 Å². The molecule has 15 heavy (non-hydrogen) atoms. The average Bonchev–Trinajstić information content (AvgIpc) is 2.21. The molecule has 3 heteroatoms. The number of carbonyl (C=O) groups is 1. The van der Waals surface area contributed by atoms with Gasteiger partial charge in [0.05, 0.1) is 0 Å². The predicted molar refractivity (Wildman–Crippen MR) is 64.6 cm³/mol. The number of hydrogen-bond acceptors (Lipinski definition) is 2. The normalized spacial score (nSPS) is 12.9. The minimum absolute atomic E-state index is 0.258. The molecule has 0 aliphatic rings. The van der Waals surface area contributed by atoms with Crippen molar-refractivity contribution in [2.75, 3.05) is 13.6 Å². The summed E-state index contributed by atoms with van der Waals surface area (Å²) < 4.78 is 0. The van der Waals surface area contributed by atoms with Crippen molar-refractivity contribution in [1.29, 1.82) is 0 Å². The van der Waals surface area contributed by atoms with Gasteiger partial charge in [-0.15, -0.1) is 0 Å². The third kappa shape index (κ3) is 5.78. The van der Waals surface area contributed by atoms with Gasteiger partial charge in [-0.1, -0.05) is 20.3 Å². The highest BCUT2D eigenvalue weighted by Crippen LogP contribution is 2.10. The summed E-state index contributed by atoms with van der Waals surface area (Å²) in [5, 5.41) is 0. The van der Waals surface area contributed by atoms with E-state index < -0.39 is 0 Å². The molecule has 0 aromatic rings. The van der Waals surface area contributed by atoms with Crippen molar-refractivity contribution in [3.63, 3.8) is 0 Å². The van der Waals surface area contributed by atoms with Crippen LogP contribution >= 0.6 is 0 Å². The third-order valence-corrected chi connectivity index (χ3v) is 3.06. The van der Waals surface area contributed by atoms with Crippen LogP contribution in [0.5, 0.6) is 0 Å². The van der Waals surface area contributed by atoms with Crippen LogP contribution in [0.2, 0.25) is 0 Å². The van der Waals surface area contributed by atoms with Gasteiger partial charge >= 0.3 is 0 Å². The average molecular weight is 214 g/mol. The fourth-order valence-electron chi connectivity index (χ4n) is 1.45. The van der Waals surface area contributed by atoms with Crippen molar-refractivity contribution in [3.8, 4) is 0 Å². The number of carbonyl (C=O) groups excluding carboxylic acids is 1. The van der Waals surface area contributed by atoms with Gasteiger partial charge in [0.25, 0.3) is 0 Å². The van der Waals surface area contributed by atoms with Gasteiger partial charge in [0.15, 0.2) is 0 Å². The first-order valence-corrected chi connectivity index (χ1v) is 5.96. The van der Waals surface area contributed by atoms with Gasteiger partial charge in [-0.25, -0.2) is 0 Å². The zero-order valence-electron chi connectivity index (χ0n) is 10.6. The Hall–Kier alpha value is -0.570. The first-order valence-electron chi connectivity index (χ1n) is 5.96. The molecule has 1 atom stereocenters. The first-order chi connectivity index (χ1) is 7.00. The van der Waals surface area contributed by atoms with Gasteiger partial charge in [-0.05, 0) is 32.2 Å². The summed E-state index contributed by atoms with van der Waals surface area (Å²) in [6.07, 6.45) is 3.71. The third-order valence-electron chi connectivity index (χ3n) is 3.06. The summed E-state index contributed by atoms with van der Waals surface area (Å²) in [4.78, 5) is 13.6. The van der Waals surface area contributed by atoms with E-state index in [1.54, 1.807) is 0 Å². The molecule has 1 unspecified atom stereocenters. The summed E-state index contributed by atoms with van der Waals surface area (Å²) >= 11 is 0. The highest BCUT2D eigenvalue weighted by Gasteiger charge is 2.17. The molecule has 0 saturated heterocycles. The van der Waals surface area contributed by atoms with Crippen molar-refractivity contribution in [2.24, 2.45) is 11.7 Å². The Bertz CT molecular complexity index is 180. The molecule has 1 amide bonds. The number of nitrogens with zero attached hydrogens (tertiary/aromatic N) is 1. The quantitative estimate of drug-likeness (QED) is 0.659. The molecule has 0 spiro atoms. The van der Waals surface area contributed by atoms with Crippen molar-refractivity contribution in [3.05, 3.63) is 0 Å². The van der Waals surface area contributed by atoms with E-state index in [0.717, 1.165) is 25.8 Å². The number of hydrogen-bond donors (Lipinski definition) is 1. The topological polar surface area (TPSA) is 46.3 Å². The van der Waals surface area contributed by atoms with E-state index >= 15 is 0 Å². The zero-order valence-corrected chi connectivity index (χ0v) is 10.6. The maximum Gasteiger partial charge on any atom is 0.222 e. The number of amides is 1. The first kappa shape index (κ1) is 14.4. The molecule has 90 valence electrons. The molecular formula is C12H26N2O. The van der Waals surface area contributed by atoms with E-state index in [9.17, 15) is 4.79 Å². The summed E-state index contributed by atoms with van der Waals surface area (Å²) in [5.41, 5.74) is 5.40. The fraction of sp³-hybridized carbons (Fsp3) is 0.917. The van der Waals surface area contributed by atoms with Crippen molar-refractivity contribution >= 4 is 5.91 Å². The van der Waals surface area contributed by atoms with E-state index in [1.807, 2.05) is 11.9 Å². The lowest BCUT2D eigenvalue weighted by Crippen LogP contribution is -2.38. The number of unbranched alkanes of at least 4 members (excludes halogenated alkanes) is 2. The Morgan fingerprint density at radius 2 is 1.80 bits per heavy atom. The Morgan fingerprint density at radius 3 is 2.27 bits per heavy atom. The minimum Gasteiger partial charge on any atom is -0.343 e. The highest BCUT2D eigenvalue weighted by atomic mass is 16.2. The second-order valence-electron chi connectivity index (χ2n) is 4.59. The molecule has 0 rings (SSSR count). The largest absolute Gasteiger partial charge is 0.343 e. The van der Waals surface area contributed by atoms with Crippen LogP contribution in [0, 0.1) is 5.92 Å². The fourth-order valence-corrected chi connectivity index (χ4v) is 1.45. The Balaban J connectivity index is 3.79. The molecule has 0 aromatic carbocycles. The molecule has 0 aliphatic carbocycles. The monoisotopic (exact) mass is 214 g/mol. The Kier molecular flexibility index (Phi) is 7.39. The Morgan fingerprint density at radius 1 is 1.20 bits per heavy atom. The second kappa shape index (κ2) is 7.69. The maximum atomic E-state index is 11.7. The van der Waals surface area contributed by atoms with E-state index in [4.69, 9.17) is 5.73 Å². The highest BCUT2D eigenvalue weighted by molar-refractivity contribution is 5.76. The molecule has 0 aromatic heterocycles. The zero-order chi connectivity index (χ0) is 11.8. The van der Waals surface area contributed by atoms with Gasteiger partial charge in [-0.3, -0.25) is 4.79 Å². The molecule has 2 N–H and O–H groups in total. The summed E-state index contributed by atoms with van der Waals surface area (Å²) in [6, 6.07) is 0.326. The van der Waals surface area contributed by atoms with Gasteiger partial charge in [0.2, 0.25) is 5.91 Å². The molecule has 3 nitrogen and oxygen atoms in total. The maximum absolute atomic E-state index is 11.7. The molecule has 0 heterocycles. The van der Waals surface area contributed by atoms with Crippen LogP contribution in [0.15, 0.2) is 0 Å². The molecule has 0 aliphatic heterocycles. The van der Waals surface area contributed by atoms with Crippen molar-refractivity contribution < 1.29 is 4.79 Å².